The van der Waals surface area contributed by atoms with Crippen molar-refractivity contribution < 1.29 is 39.3 Å². The fourth-order valence-corrected chi connectivity index (χ4v) is 3.17. The molecular weight excluding hydrogens is 458 g/mol. The second-order valence-corrected chi connectivity index (χ2v) is 8.29. The molecule has 14 heteroatoms. The Morgan fingerprint density at radius 1 is 0.848 bits per heavy atom. The van der Waals surface area contributed by atoms with Crippen LogP contribution in [0, 0.1) is 0 Å². The molecular formula is C19H35N5O8S. The van der Waals surface area contributed by atoms with Crippen LogP contribution in [-0.2, 0) is 24.0 Å². The van der Waals surface area contributed by atoms with Crippen LogP contribution in [-0.4, -0.2) is 94.3 Å². The lowest BCUT2D eigenvalue weighted by Crippen LogP contribution is -2.57. The molecule has 4 atom stereocenters. The summed E-state index contributed by atoms with van der Waals surface area (Å²) in [6, 6.07) is -4.83. The Balaban J connectivity index is 5.43. The number of hydrogen-bond donors (Lipinski definition) is 8. The van der Waals surface area contributed by atoms with E-state index in [2.05, 4.69) is 16.0 Å². The fourth-order valence-electron chi connectivity index (χ4n) is 2.70. The van der Waals surface area contributed by atoms with Gasteiger partial charge in [-0.3, -0.25) is 19.2 Å². The summed E-state index contributed by atoms with van der Waals surface area (Å²) in [5, 5.41) is 34.3. The van der Waals surface area contributed by atoms with E-state index in [1.807, 2.05) is 6.26 Å². The number of aliphatic carboxylic acids is 2. The number of nitrogens with one attached hydrogen (secondary N) is 3. The maximum Gasteiger partial charge on any atom is 0.326 e. The summed E-state index contributed by atoms with van der Waals surface area (Å²) in [5.74, 6) is -4.31. The lowest BCUT2D eigenvalue weighted by molar-refractivity contribution is -0.143. The first kappa shape index (κ1) is 30.6. The van der Waals surface area contributed by atoms with Gasteiger partial charge in [0, 0.05) is 6.42 Å². The maximum absolute atomic E-state index is 12.8. The Labute approximate surface area is 196 Å². The van der Waals surface area contributed by atoms with E-state index in [0.29, 0.717) is 25.1 Å². The number of carboxylic acids is 2. The molecule has 10 N–H and O–H groups in total. The molecule has 0 saturated heterocycles. The van der Waals surface area contributed by atoms with E-state index in [1.165, 1.54) is 11.8 Å². The fraction of sp³-hybridized carbons (Fsp3) is 0.737. The summed E-state index contributed by atoms with van der Waals surface area (Å²) in [5.41, 5.74) is 11.0. The van der Waals surface area contributed by atoms with Gasteiger partial charge in [0.2, 0.25) is 17.7 Å². The van der Waals surface area contributed by atoms with Crippen molar-refractivity contribution in [2.45, 2.75) is 62.7 Å². The molecule has 0 rings (SSSR count). The minimum absolute atomic E-state index is 0.152. The lowest BCUT2D eigenvalue weighted by atomic mass is 10.1. The highest BCUT2D eigenvalue weighted by Gasteiger charge is 2.30. The summed E-state index contributed by atoms with van der Waals surface area (Å²) < 4.78 is 0. The van der Waals surface area contributed by atoms with Gasteiger partial charge in [-0.1, -0.05) is 0 Å². The molecule has 0 aromatic heterocycles. The van der Waals surface area contributed by atoms with Gasteiger partial charge in [-0.15, -0.1) is 0 Å². The Morgan fingerprint density at radius 3 is 1.88 bits per heavy atom. The molecule has 0 aromatic carbocycles. The largest absolute Gasteiger partial charge is 0.481 e. The van der Waals surface area contributed by atoms with E-state index in [4.69, 9.17) is 21.7 Å². The first-order valence-electron chi connectivity index (χ1n) is 10.5. The highest BCUT2D eigenvalue weighted by molar-refractivity contribution is 7.98. The average molecular weight is 494 g/mol. The van der Waals surface area contributed by atoms with E-state index >= 15 is 0 Å². The highest BCUT2D eigenvalue weighted by atomic mass is 32.2. The van der Waals surface area contributed by atoms with Gasteiger partial charge >= 0.3 is 11.9 Å². The van der Waals surface area contributed by atoms with Crippen LogP contribution in [0.2, 0.25) is 0 Å². The number of rotatable bonds is 18. The number of aliphatic hydroxyl groups excluding tert-OH is 1. The molecule has 0 bridgehead atoms. The van der Waals surface area contributed by atoms with E-state index < -0.39 is 66.9 Å². The van der Waals surface area contributed by atoms with Gasteiger partial charge < -0.3 is 42.7 Å². The van der Waals surface area contributed by atoms with Gasteiger partial charge in [0.05, 0.1) is 6.61 Å². The SMILES string of the molecule is CSCCC(NC(=O)C(N)CO)C(=O)NC(CCCCN)C(=O)NC(CCC(=O)O)C(=O)O. The van der Waals surface area contributed by atoms with Crippen LogP contribution in [0.5, 0.6) is 0 Å². The predicted octanol–water partition coefficient (Wildman–Crippen LogP) is -2.41. The predicted molar refractivity (Wildman–Crippen MR) is 121 cm³/mol. The smallest absolute Gasteiger partial charge is 0.326 e. The number of carbonyl (C=O) groups is 5. The van der Waals surface area contributed by atoms with Crippen molar-refractivity contribution in [2.75, 3.05) is 25.2 Å². The molecule has 3 amide bonds. The first-order chi connectivity index (χ1) is 15.6. The summed E-state index contributed by atoms with van der Waals surface area (Å²) in [6.07, 6.45) is 2.41. The molecule has 33 heavy (non-hydrogen) atoms. The summed E-state index contributed by atoms with van der Waals surface area (Å²) in [6.45, 7) is -0.260. The molecule has 4 unspecified atom stereocenters. The van der Waals surface area contributed by atoms with Gasteiger partial charge in [0.1, 0.15) is 24.2 Å². The number of amides is 3. The number of nitrogens with two attached hydrogens (primary N) is 2. The third-order valence-corrected chi connectivity index (χ3v) is 5.26. The zero-order chi connectivity index (χ0) is 25.4. The number of unbranched alkanes of at least 4 members (excludes halogenated alkanes) is 1. The number of carbonyl (C=O) groups excluding carboxylic acids is 3. The number of thioether (sulfide) groups is 1. The van der Waals surface area contributed by atoms with Crippen molar-refractivity contribution >= 4 is 41.4 Å². The summed E-state index contributed by atoms with van der Waals surface area (Å²) in [7, 11) is 0. The van der Waals surface area contributed by atoms with E-state index in [9.17, 15) is 29.1 Å². The highest BCUT2D eigenvalue weighted by Crippen LogP contribution is 2.07. The molecule has 0 aliphatic carbocycles. The molecule has 0 heterocycles. The van der Waals surface area contributed by atoms with Gasteiger partial charge in [0.15, 0.2) is 0 Å². The molecule has 0 spiro atoms. The van der Waals surface area contributed by atoms with E-state index in [1.54, 1.807) is 0 Å². The Bertz CT molecular complexity index is 666. The minimum atomic E-state index is -1.45. The standard InChI is InChI=1S/C19H35N5O8S/c1-33-9-7-13(22-16(28)11(21)10-25)18(30)23-12(4-2-3-8-20)17(29)24-14(19(31)32)5-6-15(26)27/h11-14,25H,2-10,20-21H2,1H3,(H,22,28)(H,23,30)(H,24,29)(H,26,27)(H,31,32). The van der Waals surface area contributed by atoms with Crippen LogP contribution < -0.4 is 27.4 Å². The van der Waals surface area contributed by atoms with Crippen LogP contribution in [0.1, 0.15) is 38.5 Å². The Kier molecular flexibility index (Phi) is 15.9. The minimum Gasteiger partial charge on any atom is -0.481 e. The average Bonchev–Trinajstić information content (AvgIpc) is 2.77. The zero-order valence-electron chi connectivity index (χ0n) is 18.6. The monoisotopic (exact) mass is 493 g/mol. The Hall–Kier alpha value is -2.42. The molecule has 0 fully saturated rings. The summed E-state index contributed by atoms with van der Waals surface area (Å²) in [4.78, 5) is 59.8. The second kappa shape index (κ2) is 17.1. The summed E-state index contributed by atoms with van der Waals surface area (Å²) >= 11 is 1.43. The zero-order valence-corrected chi connectivity index (χ0v) is 19.4. The van der Waals surface area contributed by atoms with Crippen molar-refractivity contribution in [2.24, 2.45) is 11.5 Å². The lowest BCUT2D eigenvalue weighted by Gasteiger charge is -2.25. The quantitative estimate of drug-likeness (QED) is 0.0936. The first-order valence-corrected chi connectivity index (χ1v) is 11.9. The molecule has 0 aliphatic rings. The van der Waals surface area contributed by atoms with Crippen LogP contribution in [0.15, 0.2) is 0 Å². The molecule has 13 nitrogen and oxygen atoms in total. The third kappa shape index (κ3) is 13.0. The molecule has 0 aromatic rings. The van der Waals surface area contributed by atoms with Crippen molar-refractivity contribution in [1.29, 1.82) is 0 Å². The van der Waals surface area contributed by atoms with Gasteiger partial charge in [-0.25, -0.2) is 4.79 Å². The van der Waals surface area contributed by atoms with Crippen molar-refractivity contribution in [3.63, 3.8) is 0 Å². The van der Waals surface area contributed by atoms with Gasteiger partial charge in [-0.2, -0.15) is 11.8 Å². The van der Waals surface area contributed by atoms with Crippen LogP contribution >= 0.6 is 11.8 Å². The maximum atomic E-state index is 12.8. The van der Waals surface area contributed by atoms with Crippen LogP contribution in [0.3, 0.4) is 0 Å². The van der Waals surface area contributed by atoms with E-state index in [0.717, 1.165) is 0 Å². The normalized spacial score (nSPS) is 14.4. The molecule has 0 saturated carbocycles. The topological polar surface area (TPSA) is 234 Å². The van der Waals surface area contributed by atoms with Crippen molar-refractivity contribution in [3.05, 3.63) is 0 Å². The number of carboxylic acid groups (broad SMARTS) is 2. The number of aliphatic hydroxyl groups is 1. The van der Waals surface area contributed by atoms with Crippen LogP contribution in [0.25, 0.3) is 0 Å². The van der Waals surface area contributed by atoms with Gasteiger partial charge in [0.25, 0.3) is 0 Å². The Morgan fingerprint density at radius 2 is 1.39 bits per heavy atom. The molecule has 0 aliphatic heterocycles. The third-order valence-electron chi connectivity index (χ3n) is 4.62. The van der Waals surface area contributed by atoms with Crippen LogP contribution in [0.4, 0.5) is 0 Å². The molecule has 0 radical (unpaired) electrons. The van der Waals surface area contributed by atoms with E-state index in [-0.39, 0.29) is 19.3 Å². The molecule has 190 valence electrons. The van der Waals surface area contributed by atoms with Crippen molar-refractivity contribution in [1.82, 2.24) is 16.0 Å². The second-order valence-electron chi connectivity index (χ2n) is 7.31. The van der Waals surface area contributed by atoms with Crippen molar-refractivity contribution in [3.8, 4) is 0 Å². The van der Waals surface area contributed by atoms with Gasteiger partial charge in [-0.05, 0) is 50.7 Å². The number of hydrogen-bond acceptors (Lipinski definition) is 9.